The summed E-state index contributed by atoms with van der Waals surface area (Å²) in [5.41, 5.74) is 4.93. The lowest BCUT2D eigenvalue weighted by atomic mass is 10.1. The first kappa shape index (κ1) is 18.6. The first-order valence-electron chi connectivity index (χ1n) is 10.1. The van der Waals surface area contributed by atoms with E-state index in [9.17, 15) is 0 Å². The van der Waals surface area contributed by atoms with Gasteiger partial charge in [-0.05, 0) is 37.6 Å². The van der Waals surface area contributed by atoms with Crippen LogP contribution in [0.5, 0.6) is 5.75 Å². The Morgan fingerprint density at radius 3 is 2.90 bits per heavy atom. The van der Waals surface area contributed by atoms with Gasteiger partial charge in [-0.25, -0.2) is 9.97 Å². The Morgan fingerprint density at radius 1 is 1.27 bits per heavy atom. The normalized spacial score (nSPS) is 16.3. The van der Waals surface area contributed by atoms with E-state index in [0.29, 0.717) is 6.04 Å². The van der Waals surface area contributed by atoms with Gasteiger partial charge in [0, 0.05) is 43.0 Å². The van der Waals surface area contributed by atoms with Crippen LogP contribution < -0.4 is 15.4 Å². The molecule has 0 spiro atoms. The second-order valence-electron chi connectivity index (χ2n) is 7.73. The quantitative estimate of drug-likeness (QED) is 0.533. The molecule has 8 nitrogen and oxygen atoms in total. The van der Waals surface area contributed by atoms with E-state index in [1.54, 1.807) is 11.8 Å². The van der Waals surface area contributed by atoms with Crippen LogP contribution >= 0.6 is 0 Å². The SMILES string of the molecule is COc1cc2ncn(-c3ccc(C)c(NC4CCNC4)n3)c2cc1-c1cnn(C)c1. The molecule has 0 radical (unpaired) electrons. The zero-order valence-corrected chi connectivity index (χ0v) is 17.4. The van der Waals surface area contributed by atoms with Crippen LogP contribution in [0.25, 0.3) is 28.0 Å². The van der Waals surface area contributed by atoms with Crippen LogP contribution in [0.15, 0.2) is 43.0 Å². The number of imidazole rings is 1. The average Bonchev–Trinajstić information content (AvgIpc) is 3.49. The molecule has 1 atom stereocenters. The van der Waals surface area contributed by atoms with Crippen molar-refractivity contribution < 1.29 is 4.74 Å². The monoisotopic (exact) mass is 403 g/mol. The van der Waals surface area contributed by atoms with Crippen LogP contribution in [0.1, 0.15) is 12.0 Å². The van der Waals surface area contributed by atoms with Gasteiger partial charge in [0.2, 0.25) is 0 Å². The van der Waals surface area contributed by atoms with Crippen LogP contribution in [-0.2, 0) is 7.05 Å². The summed E-state index contributed by atoms with van der Waals surface area (Å²) in [5.74, 6) is 2.52. The summed E-state index contributed by atoms with van der Waals surface area (Å²) < 4.78 is 9.43. The Bertz CT molecular complexity index is 1200. The highest BCUT2D eigenvalue weighted by molar-refractivity contribution is 5.87. The standard InChI is InChI=1S/C22H25N7O/c1-14-4-5-21(27-22(14)26-16-6-7-23-11-16)29-13-24-18-9-20(30-3)17(8-19(18)29)15-10-25-28(2)12-15/h4-5,8-10,12-13,16,23H,6-7,11H2,1-3H3,(H,26,27). The highest BCUT2D eigenvalue weighted by Gasteiger charge is 2.17. The highest BCUT2D eigenvalue weighted by atomic mass is 16.5. The first-order chi connectivity index (χ1) is 14.6. The van der Waals surface area contributed by atoms with Gasteiger partial charge in [0.05, 0.1) is 24.3 Å². The molecule has 4 aromatic rings. The number of nitrogens with zero attached hydrogens (tertiary/aromatic N) is 5. The number of fused-ring (bicyclic) bond motifs is 1. The van der Waals surface area contributed by atoms with Crippen LogP contribution in [0.3, 0.4) is 0 Å². The van der Waals surface area contributed by atoms with E-state index in [1.807, 2.05) is 42.5 Å². The molecule has 2 N–H and O–H groups in total. The molecule has 1 fully saturated rings. The first-order valence-corrected chi connectivity index (χ1v) is 10.1. The Morgan fingerprint density at radius 2 is 2.17 bits per heavy atom. The predicted molar refractivity (Wildman–Crippen MR) is 117 cm³/mol. The molecule has 5 rings (SSSR count). The molecule has 1 aliphatic heterocycles. The molecule has 30 heavy (non-hydrogen) atoms. The number of ether oxygens (including phenoxy) is 1. The topological polar surface area (TPSA) is 81.8 Å². The van der Waals surface area contributed by atoms with Gasteiger partial charge >= 0.3 is 0 Å². The van der Waals surface area contributed by atoms with Crippen molar-refractivity contribution >= 4 is 16.9 Å². The third-order valence-electron chi connectivity index (χ3n) is 5.61. The number of hydrogen-bond donors (Lipinski definition) is 2. The summed E-state index contributed by atoms with van der Waals surface area (Å²) in [6.45, 7) is 4.09. The molecule has 8 heteroatoms. The molecule has 0 amide bonds. The molecule has 1 saturated heterocycles. The van der Waals surface area contributed by atoms with Crippen LogP contribution in [-0.4, -0.2) is 50.6 Å². The summed E-state index contributed by atoms with van der Waals surface area (Å²) in [5, 5.41) is 11.3. The number of pyridine rings is 1. The smallest absolute Gasteiger partial charge is 0.140 e. The third-order valence-corrected chi connectivity index (χ3v) is 5.61. The molecule has 4 heterocycles. The van der Waals surface area contributed by atoms with E-state index in [1.165, 1.54) is 0 Å². The van der Waals surface area contributed by atoms with E-state index in [-0.39, 0.29) is 0 Å². The maximum absolute atomic E-state index is 5.62. The van der Waals surface area contributed by atoms with E-state index < -0.39 is 0 Å². The van der Waals surface area contributed by atoms with Gasteiger partial charge in [-0.1, -0.05) is 6.07 Å². The maximum Gasteiger partial charge on any atom is 0.140 e. The van der Waals surface area contributed by atoms with Crippen molar-refractivity contribution in [1.82, 2.24) is 29.6 Å². The van der Waals surface area contributed by atoms with Crippen molar-refractivity contribution in [1.29, 1.82) is 0 Å². The van der Waals surface area contributed by atoms with Crippen molar-refractivity contribution in [3.8, 4) is 22.7 Å². The number of rotatable bonds is 5. The van der Waals surface area contributed by atoms with Crippen molar-refractivity contribution in [2.24, 2.45) is 7.05 Å². The Labute approximate surface area is 174 Å². The molecule has 0 saturated carbocycles. The molecular formula is C22H25N7O. The van der Waals surface area contributed by atoms with Crippen molar-refractivity contribution in [2.75, 3.05) is 25.5 Å². The number of aryl methyl sites for hydroxylation is 2. The van der Waals surface area contributed by atoms with Gasteiger partial charge in [0.25, 0.3) is 0 Å². The number of aromatic nitrogens is 5. The Kier molecular flexibility index (Phi) is 4.63. The lowest BCUT2D eigenvalue weighted by Gasteiger charge is -2.16. The summed E-state index contributed by atoms with van der Waals surface area (Å²) in [6, 6.07) is 8.60. The fourth-order valence-electron chi connectivity index (χ4n) is 3.94. The van der Waals surface area contributed by atoms with Gasteiger partial charge in [-0.15, -0.1) is 0 Å². The average molecular weight is 403 g/mol. The lowest BCUT2D eigenvalue weighted by Crippen LogP contribution is -2.23. The minimum atomic E-state index is 0.410. The molecule has 1 aliphatic rings. The molecule has 154 valence electrons. The van der Waals surface area contributed by atoms with E-state index in [0.717, 1.165) is 64.6 Å². The van der Waals surface area contributed by atoms with Gasteiger partial charge in [-0.3, -0.25) is 9.25 Å². The van der Waals surface area contributed by atoms with E-state index >= 15 is 0 Å². The van der Waals surface area contributed by atoms with Gasteiger partial charge in [0.15, 0.2) is 0 Å². The molecule has 0 aliphatic carbocycles. The van der Waals surface area contributed by atoms with Crippen LogP contribution in [0, 0.1) is 6.92 Å². The number of methoxy groups -OCH3 is 1. The molecule has 0 bridgehead atoms. The fraction of sp³-hybridized carbons (Fsp3) is 0.318. The van der Waals surface area contributed by atoms with Gasteiger partial charge in [0.1, 0.15) is 23.7 Å². The maximum atomic E-state index is 5.62. The molecule has 1 unspecified atom stereocenters. The van der Waals surface area contributed by atoms with Crippen LogP contribution in [0.4, 0.5) is 5.82 Å². The van der Waals surface area contributed by atoms with Crippen LogP contribution in [0.2, 0.25) is 0 Å². The summed E-state index contributed by atoms with van der Waals surface area (Å²) in [6.07, 6.45) is 6.74. The zero-order valence-electron chi connectivity index (χ0n) is 17.4. The molecular weight excluding hydrogens is 378 g/mol. The summed E-state index contributed by atoms with van der Waals surface area (Å²) in [7, 11) is 3.58. The van der Waals surface area contributed by atoms with Gasteiger partial charge in [-0.2, -0.15) is 5.10 Å². The van der Waals surface area contributed by atoms with Crippen molar-refractivity contribution in [3.05, 3.63) is 48.5 Å². The zero-order chi connectivity index (χ0) is 20.7. The minimum absolute atomic E-state index is 0.410. The fourth-order valence-corrected chi connectivity index (χ4v) is 3.94. The summed E-state index contributed by atoms with van der Waals surface area (Å²) in [4.78, 5) is 9.50. The second kappa shape index (κ2) is 7.46. The number of anilines is 1. The van der Waals surface area contributed by atoms with Gasteiger partial charge < -0.3 is 15.4 Å². The van der Waals surface area contributed by atoms with Crippen molar-refractivity contribution in [2.45, 2.75) is 19.4 Å². The molecule has 1 aromatic carbocycles. The third kappa shape index (κ3) is 3.29. The Hall–Kier alpha value is -3.39. The highest BCUT2D eigenvalue weighted by Crippen LogP contribution is 2.34. The van der Waals surface area contributed by atoms with E-state index in [4.69, 9.17) is 9.72 Å². The largest absolute Gasteiger partial charge is 0.496 e. The lowest BCUT2D eigenvalue weighted by molar-refractivity contribution is 0.417. The Balaban J connectivity index is 1.59. The molecule has 3 aromatic heterocycles. The summed E-state index contributed by atoms with van der Waals surface area (Å²) >= 11 is 0. The predicted octanol–water partition coefficient (Wildman–Crippen LogP) is 2.91. The minimum Gasteiger partial charge on any atom is -0.496 e. The second-order valence-corrected chi connectivity index (χ2v) is 7.73. The van der Waals surface area contributed by atoms with Crippen molar-refractivity contribution in [3.63, 3.8) is 0 Å². The van der Waals surface area contributed by atoms with E-state index in [2.05, 4.69) is 39.8 Å². The number of hydrogen-bond acceptors (Lipinski definition) is 6. The number of nitrogens with one attached hydrogen (secondary N) is 2. The number of benzene rings is 1.